The summed E-state index contributed by atoms with van der Waals surface area (Å²) in [7, 11) is 0.814. The third kappa shape index (κ3) is 3.37. The molecule has 124 valence electrons. The summed E-state index contributed by atoms with van der Waals surface area (Å²) in [5.74, 6) is 2.13. The van der Waals surface area contributed by atoms with Gasteiger partial charge < -0.3 is 9.47 Å². The van der Waals surface area contributed by atoms with E-state index in [0.717, 1.165) is 16.6 Å². The number of rotatable bonds is 4. The molecule has 0 radical (unpaired) electrons. The number of ether oxygens (including phenoxy) is 2. The first-order chi connectivity index (χ1) is 11.0. The number of methoxy groups -OCH3 is 2. The summed E-state index contributed by atoms with van der Waals surface area (Å²) in [6.07, 6.45) is 1.54. The SMILES string of the molecule is COc1cc2ncnc(CN3CCS(=N)(=O)CC3)c2cc1OC. The van der Waals surface area contributed by atoms with E-state index in [2.05, 4.69) is 14.9 Å². The zero-order valence-electron chi connectivity index (χ0n) is 13.2. The second kappa shape index (κ2) is 6.29. The van der Waals surface area contributed by atoms with Gasteiger partial charge in [0.25, 0.3) is 0 Å². The maximum atomic E-state index is 11.8. The number of hydrogen-bond donors (Lipinski definition) is 1. The molecule has 1 saturated heterocycles. The second-order valence-electron chi connectivity index (χ2n) is 5.54. The van der Waals surface area contributed by atoms with Gasteiger partial charge in [0.15, 0.2) is 11.5 Å². The Morgan fingerprint density at radius 3 is 2.48 bits per heavy atom. The van der Waals surface area contributed by atoms with E-state index in [1.165, 1.54) is 0 Å². The highest BCUT2D eigenvalue weighted by Crippen LogP contribution is 2.32. The number of fused-ring (bicyclic) bond motifs is 1. The zero-order valence-corrected chi connectivity index (χ0v) is 14.1. The molecule has 1 aliphatic rings. The molecule has 1 aromatic carbocycles. The normalized spacial score (nSPS) is 18.0. The lowest BCUT2D eigenvalue weighted by molar-refractivity contribution is 0.288. The lowest BCUT2D eigenvalue weighted by Gasteiger charge is -2.27. The van der Waals surface area contributed by atoms with Crippen LogP contribution >= 0.6 is 0 Å². The van der Waals surface area contributed by atoms with Crippen LogP contribution in [0.15, 0.2) is 18.5 Å². The molecule has 0 saturated carbocycles. The monoisotopic (exact) mass is 336 g/mol. The van der Waals surface area contributed by atoms with Crippen molar-refractivity contribution in [2.45, 2.75) is 6.54 Å². The molecule has 0 aliphatic carbocycles. The van der Waals surface area contributed by atoms with Gasteiger partial charge in [0, 0.05) is 52.3 Å². The van der Waals surface area contributed by atoms with Crippen LogP contribution in [0.2, 0.25) is 0 Å². The van der Waals surface area contributed by atoms with Crippen molar-refractivity contribution in [3.05, 3.63) is 24.2 Å². The van der Waals surface area contributed by atoms with Gasteiger partial charge in [0.1, 0.15) is 6.33 Å². The number of aromatic nitrogens is 2. The van der Waals surface area contributed by atoms with Crippen LogP contribution in [0.3, 0.4) is 0 Å². The first-order valence-electron chi connectivity index (χ1n) is 7.34. The number of nitrogens with zero attached hydrogens (tertiary/aromatic N) is 3. The van der Waals surface area contributed by atoms with E-state index >= 15 is 0 Å². The Kier molecular flexibility index (Phi) is 4.36. The van der Waals surface area contributed by atoms with Gasteiger partial charge in [-0.05, 0) is 6.07 Å². The van der Waals surface area contributed by atoms with Crippen LogP contribution in [0.4, 0.5) is 0 Å². The fourth-order valence-corrected chi connectivity index (χ4v) is 4.01. The van der Waals surface area contributed by atoms with Crippen LogP contribution in [0, 0.1) is 4.78 Å². The molecule has 0 spiro atoms. The molecular weight excluding hydrogens is 316 g/mol. The minimum atomic E-state index is -2.38. The molecule has 0 amide bonds. The van der Waals surface area contributed by atoms with Crippen LogP contribution in [0.1, 0.15) is 5.69 Å². The summed E-state index contributed by atoms with van der Waals surface area (Å²) < 4.78 is 30.1. The largest absolute Gasteiger partial charge is 0.493 e. The van der Waals surface area contributed by atoms with Gasteiger partial charge in [-0.2, -0.15) is 0 Å². The summed E-state index contributed by atoms with van der Waals surface area (Å²) in [5.41, 5.74) is 1.70. The highest BCUT2D eigenvalue weighted by Gasteiger charge is 2.20. The quantitative estimate of drug-likeness (QED) is 0.910. The molecule has 2 aromatic rings. The third-order valence-electron chi connectivity index (χ3n) is 4.07. The zero-order chi connectivity index (χ0) is 16.4. The van der Waals surface area contributed by atoms with E-state index in [0.29, 0.717) is 42.6 Å². The Hall–Kier alpha value is -1.93. The van der Waals surface area contributed by atoms with Crippen LogP contribution in [-0.2, 0) is 16.3 Å². The van der Waals surface area contributed by atoms with Crippen molar-refractivity contribution in [3.63, 3.8) is 0 Å². The third-order valence-corrected chi connectivity index (χ3v) is 5.76. The van der Waals surface area contributed by atoms with Crippen LogP contribution < -0.4 is 9.47 Å². The Morgan fingerprint density at radius 2 is 1.83 bits per heavy atom. The van der Waals surface area contributed by atoms with Crippen molar-refractivity contribution in [1.82, 2.24) is 14.9 Å². The minimum Gasteiger partial charge on any atom is -0.493 e. The Labute approximate surface area is 135 Å². The Balaban J connectivity index is 1.92. The summed E-state index contributed by atoms with van der Waals surface area (Å²) >= 11 is 0. The smallest absolute Gasteiger partial charge is 0.162 e. The molecule has 1 fully saturated rings. The van der Waals surface area contributed by atoms with Crippen molar-refractivity contribution in [3.8, 4) is 11.5 Å². The summed E-state index contributed by atoms with van der Waals surface area (Å²) in [6.45, 7) is 1.95. The highest BCUT2D eigenvalue weighted by atomic mass is 32.2. The van der Waals surface area contributed by atoms with Crippen molar-refractivity contribution in [1.29, 1.82) is 4.78 Å². The molecule has 1 aliphatic heterocycles. The van der Waals surface area contributed by atoms with Gasteiger partial charge in [-0.15, -0.1) is 0 Å². The van der Waals surface area contributed by atoms with Crippen LogP contribution in [0.5, 0.6) is 11.5 Å². The van der Waals surface area contributed by atoms with Crippen LogP contribution in [-0.4, -0.2) is 57.9 Å². The number of nitrogens with one attached hydrogen (secondary N) is 1. The predicted octanol–water partition coefficient (Wildman–Crippen LogP) is 1.51. The molecule has 1 N–H and O–H groups in total. The van der Waals surface area contributed by atoms with E-state index in [1.807, 2.05) is 12.1 Å². The van der Waals surface area contributed by atoms with Crippen molar-refractivity contribution in [2.24, 2.45) is 0 Å². The number of benzene rings is 1. The fraction of sp³-hybridized carbons (Fsp3) is 0.467. The van der Waals surface area contributed by atoms with E-state index in [9.17, 15) is 4.21 Å². The van der Waals surface area contributed by atoms with E-state index in [1.54, 1.807) is 20.5 Å². The molecule has 0 bridgehead atoms. The van der Waals surface area contributed by atoms with Gasteiger partial charge in [0.2, 0.25) is 0 Å². The average molecular weight is 336 g/mol. The Bertz CT molecular complexity index is 809. The minimum absolute atomic E-state index is 0.424. The standard InChI is InChI=1S/C15H20N4O3S/c1-21-14-7-11-12(8-15(14)22-2)17-10-18-13(11)9-19-3-5-23(16,20)6-4-19/h7-8,10,16H,3-6,9H2,1-2H3. The first kappa shape index (κ1) is 15.9. The van der Waals surface area contributed by atoms with E-state index in [4.69, 9.17) is 14.3 Å². The van der Waals surface area contributed by atoms with Crippen LogP contribution in [0.25, 0.3) is 10.9 Å². The number of hydrogen-bond acceptors (Lipinski definition) is 7. The molecule has 3 rings (SSSR count). The summed E-state index contributed by atoms with van der Waals surface area (Å²) in [5, 5.41) is 0.919. The summed E-state index contributed by atoms with van der Waals surface area (Å²) in [6, 6.07) is 3.73. The van der Waals surface area contributed by atoms with E-state index < -0.39 is 9.73 Å². The topological polar surface area (TPSA) is 88.4 Å². The lowest BCUT2D eigenvalue weighted by atomic mass is 10.1. The molecule has 23 heavy (non-hydrogen) atoms. The molecule has 2 heterocycles. The van der Waals surface area contributed by atoms with E-state index in [-0.39, 0.29) is 0 Å². The summed E-state index contributed by atoms with van der Waals surface area (Å²) in [4.78, 5) is 10.9. The molecule has 1 aromatic heterocycles. The van der Waals surface area contributed by atoms with Crippen molar-refractivity contribution in [2.75, 3.05) is 38.8 Å². The maximum absolute atomic E-state index is 11.8. The van der Waals surface area contributed by atoms with Gasteiger partial charge >= 0.3 is 0 Å². The van der Waals surface area contributed by atoms with Gasteiger partial charge in [0.05, 0.1) is 25.4 Å². The van der Waals surface area contributed by atoms with Gasteiger partial charge in [-0.3, -0.25) is 9.68 Å². The Morgan fingerprint density at radius 1 is 1.17 bits per heavy atom. The van der Waals surface area contributed by atoms with Crippen molar-refractivity contribution < 1.29 is 13.7 Å². The van der Waals surface area contributed by atoms with Gasteiger partial charge in [-0.25, -0.2) is 14.2 Å². The predicted molar refractivity (Wildman–Crippen MR) is 88.5 cm³/mol. The second-order valence-corrected chi connectivity index (χ2v) is 7.98. The van der Waals surface area contributed by atoms with Gasteiger partial charge in [-0.1, -0.05) is 0 Å². The molecule has 7 nitrogen and oxygen atoms in total. The maximum Gasteiger partial charge on any atom is 0.162 e. The van der Waals surface area contributed by atoms with Crippen molar-refractivity contribution >= 4 is 20.6 Å². The first-order valence-corrected chi connectivity index (χ1v) is 9.24. The lowest BCUT2D eigenvalue weighted by Crippen LogP contribution is -2.39. The molecule has 8 heteroatoms. The fourth-order valence-electron chi connectivity index (χ4n) is 2.70. The average Bonchev–Trinajstić information content (AvgIpc) is 2.55. The molecular formula is C15H20N4O3S. The highest BCUT2D eigenvalue weighted by molar-refractivity contribution is 7.92. The molecule has 0 atom stereocenters. The molecule has 0 unspecified atom stereocenters.